The van der Waals surface area contributed by atoms with E-state index in [9.17, 15) is 14.0 Å². The van der Waals surface area contributed by atoms with Gasteiger partial charge >= 0.3 is 0 Å². The average Bonchev–Trinajstić information content (AvgIpc) is 3.35. The molecular weight excluding hydrogens is 433 g/mol. The Bertz CT molecular complexity index is 975. The quantitative estimate of drug-likeness (QED) is 0.666. The topological polar surface area (TPSA) is 80.8 Å². The zero-order valence-corrected chi connectivity index (χ0v) is 18.7. The molecular formula is C23H26FN3O4S. The lowest BCUT2D eigenvalue weighted by Crippen LogP contribution is -2.48. The Labute approximate surface area is 190 Å². The molecule has 1 atom stereocenters. The van der Waals surface area contributed by atoms with Crippen LogP contribution in [-0.4, -0.2) is 60.3 Å². The second kappa shape index (κ2) is 10.3. The van der Waals surface area contributed by atoms with Gasteiger partial charge in [0.1, 0.15) is 17.1 Å². The molecule has 1 N–H and O–H groups in total. The first-order valence-corrected chi connectivity index (χ1v) is 11.9. The van der Waals surface area contributed by atoms with E-state index in [0.29, 0.717) is 44.9 Å². The van der Waals surface area contributed by atoms with E-state index in [0.717, 1.165) is 23.6 Å². The molecule has 3 heterocycles. The molecule has 2 aromatic rings. The minimum atomic E-state index is -0.612. The molecule has 2 fully saturated rings. The number of carbonyl (C=O) groups is 2. The Morgan fingerprint density at radius 3 is 2.78 bits per heavy atom. The number of rotatable bonds is 6. The minimum absolute atomic E-state index is 0.0427. The van der Waals surface area contributed by atoms with Crippen molar-refractivity contribution in [2.24, 2.45) is 5.92 Å². The highest BCUT2D eigenvalue weighted by atomic mass is 32.2. The molecule has 2 aliphatic heterocycles. The van der Waals surface area contributed by atoms with Crippen molar-refractivity contribution in [2.45, 2.75) is 30.2 Å². The first-order valence-electron chi connectivity index (χ1n) is 10.7. The van der Waals surface area contributed by atoms with E-state index in [-0.39, 0.29) is 29.3 Å². The fourth-order valence-electron chi connectivity index (χ4n) is 3.94. The van der Waals surface area contributed by atoms with E-state index >= 15 is 0 Å². The van der Waals surface area contributed by atoms with Gasteiger partial charge in [0, 0.05) is 30.6 Å². The Kier molecular flexibility index (Phi) is 7.26. The van der Waals surface area contributed by atoms with E-state index in [1.807, 2.05) is 29.4 Å². The number of nitrogens with one attached hydrogen (secondary N) is 1. The summed E-state index contributed by atoms with van der Waals surface area (Å²) in [4.78, 5) is 32.3. The molecule has 1 aromatic carbocycles. The number of likely N-dealkylation sites (tertiary alicyclic amines) is 1. The van der Waals surface area contributed by atoms with Crippen LogP contribution in [0.5, 0.6) is 11.6 Å². The molecule has 0 spiro atoms. The van der Waals surface area contributed by atoms with Gasteiger partial charge in [-0.25, -0.2) is 9.37 Å². The molecule has 0 saturated carbocycles. The molecule has 0 radical (unpaired) electrons. The third-order valence-electron chi connectivity index (χ3n) is 5.74. The highest BCUT2D eigenvalue weighted by Gasteiger charge is 2.31. The van der Waals surface area contributed by atoms with E-state index in [1.54, 1.807) is 17.8 Å². The number of carbonyl (C=O) groups excluding carboxylic acids is 2. The predicted molar refractivity (Wildman–Crippen MR) is 118 cm³/mol. The molecule has 9 heteroatoms. The van der Waals surface area contributed by atoms with Crippen LogP contribution in [0.1, 0.15) is 29.6 Å². The molecule has 4 rings (SSSR count). The Balaban J connectivity index is 1.39. The summed E-state index contributed by atoms with van der Waals surface area (Å²) in [6, 6.07) is 8.41. The maximum absolute atomic E-state index is 13.9. The first-order chi connectivity index (χ1) is 15.5. The first kappa shape index (κ1) is 22.5. The van der Waals surface area contributed by atoms with Crippen molar-refractivity contribution in [3.05, 3.63) is 47.9 Å². The molecule has 1 unspecified atom stereocenters. The molecule has 0 bridgehead atoms. The monoisotopic (exact) mass is 459 g/mol. The summed E-state index contributed by atoms with van der Waals surface area (Å²) in [5.41, 5.74) is 0.0427. The van der Waals surface area contributed by atoms with Gasteiger partial charge in [-0.3, -0.25) is 9.59 Å². The van der Waals surface area contributed by atoms with Crippen LogP contribution in [0.2, 0.25) is 0 Å². The molecule has 2 aliphatic rings. The number of halogens is 1. The molecule has 170 valence electrons. The van der Waals surface area contributed by atoms with E-state index in [4.69, 9.17) is 9.47 Å². The van der Waals surface area contributed by atoms with Crippen LogP contribution in [0.25, 0.3) is 0 Å². The van der Waals surface area contributed by atoms with Crippen LogP contribution in [0.4, 0.5) is 4.39 Å². The normalized spacial score (nSPS) is 19.1. The molecule has 32 heavy (non-hydrogen) atoms. The molecule has 2 amide bonds. The number of nitrogens with zero attached hydrogens (tertiary/aromatic N) is 2. The minimum Gasteiger partial charge on any atom is -0.438 e. The van der Waals surface area contributed by atoms with Crippen LogP contribution >= 0.6 is 11.8 Å². The van der Waals surface area contributed by atoms with Crippen molar-refractivity contribution in [3.63, 3.8) is 0 Å². The van der Waals surface area contributed by atoms with Gasteiger partial charge in [-0.1, -0.05) is 6.07 Å². The van der Waals surface area contributed by atoms with Crippen LogP contribution in [0.15, 0.2) is 41.4 Å². The summed E-state index contributed by atoms with van der Waals surface area (Å²) in [5, 5.41) is 2.95. The van der Waals surface area contributed by atoms with E-state index < -0.39 is 11.7 Å². The fourth-order valence-corrected chi connectivity index (χ4v) is 4.39. The molecule has 2 saturated heterocycles. The molecule has 0 aliphatic carbocycles. The number of pyridine rings is 1. The summed E-state index contributed by atoms with van der Waals surface area (Å²) >= 11 is 1.57. The van der Waals surface area contributed by atoms with Crippen LogP contribution in [0.3, 0.4) is 0 Å². The number of amides is 2. The van der Waals surface area contributed by atoms with Crippen molar-refractivity contribution in [3.8, 4) is 11.6 Å². The number of hydrogen-bond donors (Lipinski definition) is 1. The van der Waals surface area contributed by atoms with Crippen LogP contribution in [0, 0.1) is 11.7 Å². The Hall–Kier alpha value is -2.65. The largest absolute Gasteiger partial charge is 0.438 e. The third kappa shape index (κ3) is 5.39. The fraction of sp³-hybridized carbons (Fsp3) is 0.435. The predicted octanol–water partition coefficient (Wildman–Crippen LogP) is 3.49. The second-order valence-electron chi connectivity index (χ2n) is 7.92. The standard InChI is InChI=1S/C23H26FN3O4S/c1-32-19-4-2-3-18(12-19)31-22-20(11-16(24)13-25-22)21(28)26-17-5-8-27(9-6-17)23(29)15-7-10-30-14-15/h2-4,11-13,15,17H,5-10,14H2,1H3,(H,26,28). The van der Waals surface area contributed by atoms with E-state index in [1.165, 1.54) is 0 Å². The van der Waals surface area contributed by atoms with Gasteiger partial charge in [0.25, 0.3) is 5.91 Å². The van der Waals surface area contributed by atoms with Gasteiger partial charge in [-0.2, -0.15) is 0 Å². The van der Waals surface area contributed by atoms with Gasteiger partial charge in [0.05, 0.1) is 18.7 Å². The number of ether oxygens (including phenoxy) is 2. The average molecular weight is 460 g/mol. The lowest BCUT2D eigenvalue weighted by molar-refractivity contribution is -0.136. The Morgan fingerprint density at radius 1 is 1.25 bits per heavy atom. The summed E-state index contributed by atoms with van der Waals surface area (Å²) in [7, 11) is 0. The number of thioether (sulfide) groups is 1. The van der Waals surface area contributed by atoms with Gasteiger partial charge in [-0.05, 0) is 49.8 Å². The highest BCUT2D eigenvalue weighted by molar-refractivity contribution is 7.98. The maximum atomic E-state index is 13.9. The van der Waals surface area contributed by atoms with Crippen LogP contribution in [-0.2, 0) is 9.53 Å². The van der Waals surface area contributed by atoms with Crippen molar-refractivity contribution in [2.75, 3.05) is 32.6 Å². The third-order valence-corrected chi connectivity index (χ3v) is 6.46. The molecule has 7 nitrogen and oxygen atoms in total. The SMILES string of the molecule is CSc1cccc(Oc2ncc(F)cc2C(=O)NC2CCN(C(=O)C3CCOC3)CC2)c1. The lowest BCUT2D eigenvalue weighted by atomic mass is 10.0. The van der Waals surface area contributed by atoms with Crippen molar-refractivity contribution in [1.29, 1.82) is 0 Å². The summed E-state index contributed by atoms with van der Waals surface area (Å²) in [6.07, 6.45) is 5.03. The summed E-state index contributed by atoms with van der Waals surface area (Å²) < 4.78 is 25.0. The zero-order chi connectivity index (χ0) is 22.5. The van der Waals surface area contributed by atoms with Gasteiger partial charge < -0.3 is 19.7 Å². The lowest BCUT2D eigenvalue weighted by Gasteiger charge is -2.33. The van der Waals surface area contributed by atoms with Crippen LogP contribution < -0.4 is 10.1 Å². The van der Waals surface area contributed by atoms with Gasteiger partial charge in [0.15, 0.2) is 0 Å². The molecule has 1 aromatic heterocycles. The van der Waals surface area contributed by atoms with Gasteiger partial charge in [0.2, 0.25) is 11.8 Å². The Morgan fingerprint density at radius 2 is 2.06 bits per heavy atom. The van der Waals surface area contributed by atoms with E-state index in [2.05, 4.69) is 10.3 Å². The number of benzene rings is 1. The number of aromatic nitrogens is 1. The maximum Gasteiger partial charge on any atom is 0.257 e. The second-order valence-corrected chi connectivity index (χ2v) is 8.80. The number of piperidine rings is 1. The summed E-state index contributed by atoms with van der Waals surface area (Å²) in [5.74, 6) is -0.404. The van der Waals surface area contributed by atoms with Gasteiger partial charge in [-0.15, -0.1) is 11.8 Å². The number of hydrogen-bond acceptors (Lipinski definition) is 6. The van der Waals surface area contributed by atoms with Crippen molar-refractivity contribution in [1.82, 2.24) is 15.2 Å². The smallest absolute Gasteiger partial charge is 0.257 e. The zero-order valence-electron chi connectivity index (χ0n) is 17.9. The van der Waals surface area contributed by atoms with Crippen molar-refractivity contribution >= 4 is 23.6 Å². The summed E-state index contributed by atoms with van der Waals surface area (Å²) in [6.45, 7) is 2.28. The highest BCUT2D eigenvalue weighted by Crippen LogP contribution is 2.27. The van der Waals surface area contributed by atoms with Crippen molar-refractivity contribution < 1.29 is 23.5 Å².